The van der Waals surface area contributed by atoms with Crippen LogP contribution in [0.2, 0.25) is 0 Å². The van der Waals surface area contributed by atoms with Gasteiger partial charge in [0.25, 0.3) is 0 Å². The second kappa shape index (κ2) is 10.9. The fraction of sp³-hybridized carbons (Fsp3) is 0.611. The Hall–Kier alpha value is -0.820. The summed E-state index contributed by atoms with van der Waals surface area (Å²) >= 11 is 0. The molecule has 0 bridgehead atoms. The Morgan fingerprint density at radius 2 is 1.96 bits per heavy atom. The van der Waals surface area contributed by atoms with E-state index in [0.29, 0.717) is 6.04 Å². The maximum atomic E-state index is 4.75. The zero-order valence-corrected chi connectivity index (χ0v) is 17.0. The molecule has 0 aliphatic carbocycles. The molecule has 0 aromatic heterocycles. The SMILES string of the molecule is CCNC(=NCc1ccccc1CC)NCC1CCCN1C.I. The predicted octanol–water partition coefficient (Wildman–Crippen LogP) is 3.02. The highest BCUT2D eigenvalue weighted by molar-refractivity contribution is 14.0. The summed E-state index contributed by atoms with van der Waals surface area (Å²) < 4.78 is 0. The maximum Gasteiger partial charge on any atom is 0.191 e. The van der Waals surface area contributed by atoms with Crippen molar-refractivity contribution in [2.45, 2.75) is 45.7 Å². The number of likely N-dealkylation sites (tertiary alicyclic amines) is 1. The lowest BCUT2D eigenvalue weighted by molar-refractivity contribution is 0.309. The molecule has 0 amide bonds. The van der Waals surface area contributed by atoms with Gasteiger partial charge in [0.15, 0.2) is 5.96 Å². The van der Waals surface area contributed by atoms with E-state index in [9.17, 15) is 0 Å². The van der Waals surface area contributed by atoms with Crippen molar-refractivity contribution < 1.29 is 0 Å². The quantitative estimate of drug-likeness (QED) is 0.414. The number of hydrogen-bond acceptors (Lipinski definition) is 2. The van der Waals surface area contributed by atoms with Crippen molar-refractivity contribution in [3.63, 3.8) is 0 Å². The highest BCUT2D eigenvalue weighted by atomic mass is 127. The first kappa shape index (κ1) is 20.2. The van der Waals surface area contributed by atoms with Crippen molar-refractivity contribution in [1.82, 2.24) is 15.5 Å². The van der Waals surface area contributed by atoms with E-state index in [0.717, 1.165) is 32.0 Å². The van der Waals surface area contributed by atoms with Crippen LogP contribution in [0, 0.1) is 0 Å². The third kappa shape index (κ3) is 6.30. The van der Waals surface area contributed by atoms with Gasteiger partial charge in [-0.05, 0) is 50.9 Å². The molecule has 1 unspecified atom stereocenters. The van der Waals surface area contributed by atoms with Gasteiger partial charge < -0.3 is 15.5 Å². The lowest BCUT2D eigenvalue weighted by Gasteiger charge is -2.21. The van der Waals surface area contributed by atoms with Crippen molar-refractivity contribution in [2.24, 2.45) is 4.99 Å². The van der Waals surface area contributed by atoms with Crippen molar-refractivity contribution in [3.05, 3.63) is 35.4 Å². The molecule has 2 N–H and O–H groups in total. The van der Waals surface area contributed by atoms with E-state index < -0.39 is 0 Å². The van der Waals surface area contributed by atoms with Gasteiger partial charge in [0.1, 0.15) is 0 Å². The lowest BCUT2D eigenvalue weighted by atomic mass is 10.1. The van der Waals surface area contributed by atoms with Crippen LogP contribution in [0.1, 0.15) is 37.8 Å². The van der Waals surface area contributed by atoms with Gasteiger partial charge in [-0.25, -0.2) is 4.99 Å². The Labute approximate surface area is 158 Å². The van der Waals surface area contributed by atoms with Gasteiger partial charge in [-0.2, -0.15) is 0 Å². The third-order valence-corrected chi connectivity index (χ3v) is 4.43. The first-order valence-electron chi connectivity index (χ1n) is 8.53. The van der Waals surface area contributed by atoms with Crippen LogP contribution < -0.4 is 10.6 Å². The summed E-state index contributed by atoms with van der Waals surface area (Å²) in [5, 5.41) is 6.85. The molecule has 1 aliphatic rings. The molecular weight excluding hydrogens is 399 g/mol. The number of halogens is 1. The minimum absolute atomic E-state index is 0. The van der Waals surface area contributed by atoms with E-state index in [-0.39, 0.29) is 24.0 Å². The van der Waals surface area contributed by atoms with Gasteiger partial charge in [-0.15, -0.1) is 24.0 Å². The number of nitrogens with zero attached hydrogens (tertiary/aromatic N) is 2. The number of aryl methyl sites for hydroxylation is 1. The van der Waals surface area contributed by atoms with Crippen LogP contribution in [0.4, 0.5) is 0 Å². The van der Waals surface area contributed by atoms with Crippen LogP contribution in [0.15, 0.2) is 29.3 Å². The Morgan fingerprint density at radius 1 is 1.22 bits per heavy atom. The van der Waals surface area contributed by atoms with Crippen LogP contribution >= 0.6 is 24.0 Å². The van der Waals surface area contributed by atoms with Crippen LogP contribution in [0.3, 0.4) is 0 Å². The number of aliphatic imine (C=N–C) groups is 1. The molecule has 1 heterocycles. The Kier molecular flexibility index (Phi) is 9.55. The highest BCUT2D eigenvalue weighted by Crippen LogP contribution is 2.13. The van der Waals surface area contributed by atoms with Crippen LogP contribution in [-0.2, 0) is 13.0 Å². The topological polar surface area (TPSA) is 39.7 Å². The van der Waals surface area contributed by atoms with Gasteiger partial charge in [-0.1, -0.05) is 31.2 Å². The molecule has 1 fully saturated rings. The number of hydrogen-bond donors (Lipinski definition) is 2. The number of benzene rings is 1. The molecule has 1 atom stereocenters. The van der Waals surface area contributed by atoms with Gasteiger partial charge in [-0.3, -0.25) is 0 Å². The fourth-order valence-electron chi connectivity index (χ4n) is 3.01. The van der Waals surface area contributed by atoms with Crippen LogP contribution in [0.25, 0.3) is 0 Å². The molecule has 0 saturated carbocycles. The Balaban J connectivity index is 0.00000264. The van der Waals surface area contributed by atoms with Gasteiger partial charge in [0.2, 0.25) is 0 Å². The molecule has 0 radical (unpaired) electrons. The molecule has 1 aromatic carbocycles. The van der Waals surface area contributed by atoms with Crippen molar-refractivity contribution >= 4 is 29.9 Å². The average Bonchev–Trinajstić information content (AvgIpc) is 2.95. The van der Waals surface area contributed by atoms with Gasteiger partial charge in [0.05, 0.1) is 6.54 Å². The molecule has 1 saturated heterocycles. The molecule has 1 aliphatic heterocycles. The molecule has 4 nitrogen and oxygen atoms in total. The zero-order valence-electron chi connectivity index (χ0n) is 14.6. The minimum Gasteiger partial charge on any atom is -0.357 e. The molecule has 2 rings (SSSR count). The summed E-state index contributed by atoms with van der Waals surface area (Å²) in [4.78, 5) is 7.19. The monoisotopic (exact) mass is 430 g/mol. The standard InChI is InChI=1S/C18H30N4.HI/c1-4-15-9-6-7-10-16(15)13-20-18(19-5-2)21-14-17-11-8-12-22(17)3;/h6-7,9-10,17H,4-5,8,11-14H2,1-3H3,(H2,19,20,21);1H. The summed E-state index contributed by atoms with van der Waals surface area (Å²) in [6, 6.07) is 9.20. The summed E-state index contributed by atoms with van der Waals surface area (Å²) in [6.45, 7) is 8.12. The van der Waals surface area contributed by atoms with E-state index in [1.165, 1.54) is 30.5 Å². The van der Waals surface area contributed by atoms with E-state index in [1.807, 2.05) is 0 Å². The zero-order chi connectivity index (χ0) is 15.8. The van der Waals surface area contributed by atoms with Gasteiger partial charge in [0, 0.05) is 19.1 Å². The molecule has 23 heavy (non-hydrogen) atoms. The van der Waals surface area contributed by atoms with E-state index in [1.54, 1.807) is 0 Å². The summed E-state index contributed by atoms with van der Waals surface area (Å²) in [5.41, 5.74) is 2.71. The molecule has 1 aromatic rings. The second-order valence-corrected chi connectivity index (χ2v) is 5.97. The minimum atomic E-state index is 0. The highest BCUT2D eigenvalue weighted by Gasteiger charge is 2.20. The van der Waals surface area contributed by atoms with Crippen LogP contribution in [0.5, 0.6) is 0 Å². The molecule has 5 heteroatoms. The third-order valence-electron chi connectivity index (χ3n) is 4.43. The van der Waals surface area contributed by atoms with E-state index >= 15 is 0 Å². The smallest absolute Gasteiger partial charge is 0.191 e. The normalized spacial score (nSPS) is 18.6. The predicted molar refractivity (Wildman–Crippen MR) is 110 cm³/mol. The largest absolute Gasteiger partial charge is 0.357 e. The number of guanidine groups is 1. The van der Waals surface area contributed by atoms with Crippen molar-refractivity contribution in [3.8, 4) is 0 Å². The van der Waals surface area contributed by atoms with E-state index in [2.05, 4.69) is 60.7 Å². The summed E-state index contributed by atoms with van der Waals surface area (Å²) in [6.07, 6.45) is 3.64. The van der Waals surface area contributed by atoms with Crippen molar-refractivity contribution in [1.29, 1.82) is 0 Å². The molecule has 0 spiro atoms. The van der Waals surface area contributed by atoms with Crippen LogP contribution in [-0.4, -0.2) is 43.6 Å². The van der Waals surface area contributed by atoms with Gasteiger partial charge >= 0.3 is 0 Å². The summed E-state index contributed by atoms with van der Waals surface area (Å²) in [5.74, 6) is 0.925. The maximum absolute atomic E-state index is 4.75. The number of likely N-dealkylation sites (N-methyl/N-ethyl adjacent to an activating group) is 1. The average molecular weight is 430 g/mol. The Bertz CT molecular complexity index is 490. The Morgan fingerprint density at radius 3 is 2.57 bits per heavy atom. The first-order chi connectivity index (χ1) is 10.7. The number of nitrogens with one attached hydrogen (secondary N) is 2. The first-order valence-corrected chi connectivity index (χ1v) is 8.53. The number of rotatable bonds is 6. The molecule has 130 valence electrons. The lowest BCUT2D eigenvalue weighted by Crippen LogP contribution is -2.44. The van der Waals surface area contributed by atoms with E-state index in [4.69, 9.17) is 4.99 Å². The second-order valence-electron chi connectivity index (χ2n) is 5.97. The fourth-order valence-corrected chi connectivity index (χ4v) is 3.01. The molecular formula is C18H31IN4. The van der Waals surface area contributed by atoms with Crippen molar-refractivity contribution in [2.75, 3.05) is 26.7 Å². The summed E-state index contributed by atoms with van der Waals surface area (Å²) in [7, 11) is 2.21.